The Labute approximate surface area is 159 Å². The summed E-state index contributed by atoms with van der Waals surface area (Å²) >= 11 is 6.04. The zero-order valence-electron chi connectivity index (χ0n) is 15.4. The highest BCUT2D eigenvalue weighted by atomic mass is 35.5. The van der Waals surface area contributed by atoms with Gasteiger partial charge < -0.3 is 19.7 Å². The van der Waals surface area contributed by atoms with Gasteiger partial charge in [-0.05, 0) is 50.8 Å². The third kappa shape index (κ3) is 6.58. The molecular formula is C20H25ClN2O3. The summed E-state index contributed by atoms with van der Waals surface area (Å²) in [6.07, 6.45) is -0.636. The smallest absolute Gasteiger partial charge is 0.261 e. The molecule has 6 heteroatoms. The SMILES string of the molecule is CC(Oc1ccccc1Cl)C(=O)NCc1ccc(OCCN(C)C)cc1. The van der Waals surface area contributed by atoms with Crippen LogP contribution in [-0.2, 0) is 11.3 Å². The number of halogens is 1. The summed E-state index contributed by atoms with van der Waals surface area (Å²) in [5, 5.41) is 3.34. The number of nitrogens with zero attached hydrogens (tertiary/aromatic N) is 1. The number of hydrogen-bond acceptors (Lipinski definition) is 4. The van der Waals surface area contributed by atoms with Crippen LogP contribution < -0.4 is 14.8 Å². The van der Waals surface area contributed by atoms with E-state index in [4.69, 9.17) is 21.1 Å². The fraction of sp³-hybridized carbons (Fsp3) is 0.350. The van der Waals surface area contributed by atoms with Crippen LogP contribution in [-0.4, -0.2) is 44.2 Å². The van der Waals surface area contributed by atoms with E-state index < -0.39 is 6.10 Å². The lowest BCUT2D eigenvalue weighted by molar-refractivity contribution is -0.127. The van der Waals surface area contributed by atoms with Crippen LogP contribution in [0.15, 0.2) is 48.5 Å². The number of amides is 1. The molecule has 0 aromatic heterocycles. The monoisotopic (exact) mass is 376 g/mol. The maximum Gasteiger partial charge on any atom is 0.261 e. The molecule has 0 heterocycles. The molecular weight excluding hydrogens is 352 g/mol. The Hall–Kier alpha value is -2.24. The second-order valence-corrected chi connectivity index (χ2v) is 6.61. The van der Waals surface area contributed by atoms with Gasteiger partial charge in [-0.25, -0.2) is 0 Å². The molecule has 1 atom stereocenters. The largest absolute Gasteiger partial charge is 0.492 e. The molecule has 1 N–H and O–H groups in total. The highest BCUT2D eigenvalue weighted by molar-refractivity contribution is 6.32. The summed E-state index contributed by atoms with van der Waals surface area (Å²) < 4.78 is 11.3. The van der Waals surface area contributed by atoms with Gasteiger partial charge in [0.1, 0.15) is 18.1 Å². The molecule has 140 valence electrons. The summed E-state index contributed by atoms with van der Waals surface area (Å²) in [4.78, 5) is 14.3. The summed E-state index contributed by atoms with van der Waals surface area (Å²) in [7, 11) is 4.01. The molecule has 0 aliphatic heterocycles. The lowest BCUT2D eigenvalue weighted by atomic mass is 10.2. The molecule has 2 rings (SSSR count). The predicted octanol–water partition coefficient (Wildman–Crippen LogP) is 3.36. The molecule has 0 aliphatic carbocycles. The van der Waals surface area contributed by atoms with Crippen molar-refractivity contribution in [1.82, 2.24) is 10.2 Å². The van der Waals surface area contributed by atoms with Crippen molar-refractivity contribution in [1.29, 1.82) is 0 Å². The number of benzene rings is 2. The van der Waals surface area contributed by atoms with Gasteiger partial charge in [0.2, 0.25) is 0 Å². The second kappa shape index (κ2) is 10.0. The summed E-state index contributed by atoms with van der Waals surface area (Å²) in [5.41, 5.74) is 0.989. The molecule has 5 nitrogen and oxygen atoms in total. The first-order valence-corrected chi connectivity index (χ1v) is 8.89. The zero-order chi connectivity index (χ0) is 18.9. The normalized spacial score (nSPS) is 11.9. The van der Waals surface area contributed by atoms with Crippen molar-refractivity contribution >= 4 is 17.5 Å². The van der Waals surface area contributed by atoms with Gasteiger partial charge >= 0.3 is 0 Å². The van der Waals surface area contributed by atoms with Gasteiger partial charge in [-0.15, -0.1) is 0 Å². The Balaban J connectivity index is 1.78. The van der Waals surface area contributed by atoms with E-state index in [1.54, 1.807) is 19.1 Å². The van der Waals surface area contributed by atoms with Crippen LogP contribution in [0.25, 0.3) is 0 Å². The molecule has 26 heavy (non-hydrogen) atoms. The average Bonchev–Trinajstić information content (AvgIpc) is 2.62. The zero-order valence-corrected chi connectivity index (χ0v) is 16.1. The standard InChI is InChI=1S/C20H25ClN2O3/c1-15(26-19-7-5-4-6-18(19)21)20(24)22-14-16-8-10-17(11-9-16)25-13-12-23(2)3/h4-11,15H,12-14H2,1-3H3,(H,22,24). The van der Waals surface area contributed by atoms with E-state index in [1.807, 2.05) is 50.5 Å². The van der Waals surface area contributed by atoms with Crippen molar-refractivity contribution in [2.45, 2.75) is 19.6 Å². The summed E-state index contributed by atoms with van der Waals surface area (Å²) in [6.45, 7) is 3.62. The number of carbonyl (C=O) groups excluding carboxylic acids is 1. The van der Waals surface area contributed by atoms with Gasteiger partial charge in [-0.2, -0.15) is 0 Å². The molecule has 2 aromatic carbocycles. The Kier molecular flexibility index (Phi) is 7.75. The number of nitrogens with one attached hydrogen (secondary N) is 1. The summed E-state index contributed by atoms with van der Waals surface area (Å²) in [6, 6.07) is 14.8. The van der Waals surface area contributed by atoms with Gasteiger partial charge in [0.05, 0.1) is 5.02 Å². The minimum absolute atomic E-state index is 0.198. The fourth-order valence-electron chi connectivity index (χ4n) is 2.17. The molecule has 0 radical (unpaired) electrons. The highest BCUT2D eigenvalue weighted by Crippen LogP contribution is 2.24. The number of para-hydroxylation sites is 1. The number of carbonyl (C=O) groups is 1. The van der Waals surface area contributed by atoms with E-state index in [9.17, 15) is 4.79 Å². The fourth-order valence-corrected chi connectivity index (χ4v) is 2.35. The van der Waals surface area contributed by atoms with Gasteiger partial charge in [0, 0.05) is 13.1 Å². The Bertz CT molecular complexity index is 704. The van der Waals surface area contributed by atoms with Crippen LogP contribution in [0.2, 0.25) is 5.02 Å². The Morgan fingerprint density at radius 1 is 1.15 bits per heavy atom. The second-order valence-electron chi connectivity index (χ2n) is 6.20. The van der Waals surface area contributed by atoms with Crippen molar-refractivity contribution in [2.24, 2.45) is 0 Å². The van der Waals surface area contributed by atoms with Gasteiger partial charge in [0.25, 0.3) is 5.91 Å². The van der Waals surface area contributed by atoms with Crippen LogP contribution in [0.4, 0.5) is 0 Å². The third-order valence-corrected chi connectivity index (χ3v) is 4.02. The van der Waals surface area contributed by atoms with Crippen LogP contribution in [0.3, 0.4) is 0 Å². The lowest BCUT2D eigenvalue weighted by Crippen LogP contribution is -2.35. The molecule has 1 amide bonds. The maximum absolute atomic E-state index is 12.2. The number of ether oxygens (including phenoxy) is 2. The van der Waals surface area contributed by atoms with Gasteiger partial charge in [-0.3, -0.25) is 4.79 Å². The van der Waals surface area contributed by atoms with E-state index in [1.165, 1.54) is 0 Å². The summed E-state index contributed by atoms with van der Waals surface area (Å²) in [5.74, 6) is 1.12. The van der Waals surface area contributed by atoms with Crippen LogP contribution in [0.5, 0.6) is 11.5 Å². The molecule has 0 saturated heterocycles. The lowest BCUT2D eigenvalue weighted by Gasteiger charge is -2.16. The van der Waals surface area contributed by atoms with Crippen molar-refractivity contribution in [3.8, 4) is 11.5 Å². The molecule has 2 aromatic rings. The average molecular weight is 377 g/mol. The minimum atomic E-state index is -0.636. The van der Waals surface area contributed by atoms with Crippen molar-refractivity contribution in [3.05, 3.63) is 59.1 Å². The Morgan fingerprint density at radius 3 is 2.50 bits per heavy atom. The van der Waals surface area contributed by atoms with E-state index in [-0.39, 0.29) is 5.91 Å². The van der Waals surface area contributed by atoms with Crippen molar-refractivity contribution in [3.63, 3.8) is 0 Å². The first-order valence-electron chi connectivity index (χ1n) is 8.51. The van der Waals surface area contributed by atoms with Gasteiger partial charge in [-0.1, -0.05) is 35.9 Å². The van der Waals surface area contributed by atoms with E-state index in [0.29, 0.717) is 23.9 Å². The minimum Gasteiger partial charge on any atom is -0.492 e. The van der Waals surface area contributed by atoms with Crippen molar-refractivity contribution in [2.75, 3.05) is 27.2 Å². The predicted molar refractivity (Wildman–Crippen MR) is 104 cm³/mol. The van der Waals surface area contributed by atoms with E-state index in [0.717, 1.165) is 17.9 Å². The third-order valence-electron chi connectivity index (χ3n) is 3.71. The molecule has 1 unspecified atom stereocenters. The molecule has 0 aliphatic rings. The number of rotatable bonds is 9. The van der Waals surface area contributed by atoms with E-state index >= 15 is 0 Å². The maximum atomic E-state index is 12.2. The molecule has 0 fully saturated rings. The van der Waals surface area contributed by atoms with Crippen LogP contribution in [0.1, 0.15) is 12.5 Å². The highest BCUT2D eigenvalue weighted by Gasteiger charge is 2.15. The van der Waals surface area contributed by atoms with Gasteiger partial charge in [0.15, 0.2) is 6.10 Å². The topological polar surface area (TPSA) is 50.8 Å². The molecule has 0 bridgehead atoms. The quantitative estimate of drug-likeness (QED) is 0.729. The first kappa shape index (κ1) is 20.1. The number of hydrogen-bond donors (Lipinski definition) is 1. The first-order chi connectivity index (χ1) is 12.5. The van der Waals surface area contributed by atoms with Crippen LogP contribution >= 0.6 is 11.6 Å². The van der Waals surface area contributed by atoms with E-state index in [2.05, 4.69) is 10.2 Å². The Morgan fingerprint density at radius 2 is 1.85 bits per heavy atom. The van der Waals surface area contributed by atoms with Crippen LogP contribution in [0, 0.1) is 0 Å². The number of likely N-dealkylation sites (N-methyl/N-ethyl adjacent to an activating group) is 1. The van der Waals surface area contributed by atoms with Crippen molar-refractivity contribution < 1.29 is 14.3 Å². The molecule has 0 saturated carbocycles. The molecule has 0 spiro atoms.